The number of nitrogens with one attached hydrogen (secondary N) is 1. The van der Waals surface area contributed by atoms with Crippen LogP contribution in [0.4, 0.5) is 0 Å². The summed E-state index contributed by atoms with van der Waals surface area (Å²) >= 11 is 0. The number of rotatable bonds is 2. The zero-order chi connectivity index (χ0) is 11.5. The maximum atomic E-state index is 3.72. The van der Waals surface area contributed by atoms with Crippen molar-refractivity contribution in [2.75, 3.05) is 0 Å². The van der Waals surface area contributed by atoms with Crippen LogP contribution in [0, 0.1) is 0 Å². The molecule has 1 aliphatic rings. The zero-order valence-electron chi connectivity index (χ0n) is 10.3. The molecule has 94 valence electrons. The Kier molecular flexibility index (Phi) is 4.40. The molecule has 1 N–H and O–H groups in total. The number of hydrogen-bond donors (Lipinski definition) is 1. The quantitative estimate of drug-likeness (QED) is 0.849. The monoisotopic (exact) mass is 259 g/mol. The molecule has 1 fully saturated rings. The van der Waals surface area contributed by atoms with Crippen molar-refractivity contribution in [3.05, 3.63) is 71.8 Å². The Morgan fingerprint density at radius 2 is 1.06 bits per heavy atom. The molecule has 0 spiro atoms. The zero-order valence-corrected chi connectivity index (χ0v) is 11.1. The fourth-order valence-corrected chi connectivity index (χ4v) is 2.64. The summed E-state index contributed by atoms with van der Waals surface area (Å²) < 4.78 is 0. The number of hydrogen-bond acceptors (Lipinski definition) is 1. The molecule has 0 aliphatic carbocycles. The predicted octanol–water partition coefficient (Wildman–Crippen LogP) is 4.27. The van der Waals surface area contributed by atoms with Gasteiger partial charge in [0.2, 0.25) is 0 Å². The number of halogens is 1. The SMILES string of the molecule is Cl.c1ccc(C2CCC(c3ccccc3)N2)cc1. The van der Waals surface area contributed by atoms with Gasteiger partial charge < -0.3 is 5.32 Å². The Balaban J connectivity index is 0.00000120. The molecular weight excluding hydrogens is 242 g/mol. The molecule has 0 aromatic heterocycles. The highest BCUT2D eigenvalue weighted by Gasteiger charge is 2.25. The summed E-state index contributed by atoms with van der Waals surface area (Å²) in [7, 11) is 0. The van der Waals surface area contributed by atoms with Crippen LogP contribution >= 0.6 is 12.4 Å². The van der Waals surface area contributed by atoms with Gasteiger partial charge in [-0.3, -0.25) is 0 Å². The molecule has 1 heterocycles. The van der Waals surface area contributed by atoms with E-state index in [2.05, 4.69) is 66.0 Å². The van der Waals surface area contributed by atoms with Gasteiger partial charge in [0.25, 0.3) is 0 Å². The first kappa shape index (κ1) is 13.1. The minimum absolute atomic E-state index is 0. The fraction of sp³-hybridized carbons (Fsp3) is 0.250. The van der Waals surface area contributed by atoms with Crippen molar-refractivity contribution in [3.63, 3.8) is 0 Å². The van der Waals surface area contributed by atoms with Crippen molar-refractivity contribution in [1.29, 1.82) is 0 Å². The van der Waals surface area contributed by atoms with E-state index >= 15 is 0 Å². The summed E-state index contributed by atoms with van der Waals surface area (Å²) in [6.45, 7) is 0. The molecule has 18 heavy (non-hydrogen) atoms. The van der Waals surface area contributed by atoms with E-state index < -0.39 is 0 Å². The molecule has 0 saturated carbocycles. The summed E-state index contributed by atoms with van der Waals surface area (Å²) in [6, 6.07) is 22.5. The Morgan fingerprint density at radius 1 is 0.667 bits per heavy atom. The normalized spacial score (nSPS) is 22.4. The largest absolute Gasteiger partial charge is 0.303 e. The van der Waals surface area contributed by atoms with Gasteiger partial charge in [-0.05, 0) is 24.0 Å². The van der Waals surface area contributed by atoms with E-state index in [-0.39, 0.29) is 12.4 Å². The van der Waals surface area contributed by atoms with Crippen LogP contribution in [0.1, 0.15) is 36.1 Å². The van der Waals surface area contributed by atoms with Crippen LogP contribution < -0.4 is 5.32 Å². The molecule has 3 rings (SSSR count). The van der Waals surface area contributed by atoms with Crippen molar-refractivity contribution in [2.24, 2.45) is 0 Å². The van der Waals surface area contributed by atoms with Gasteiger partial charge in [0.15, 0.2) is 0 Å². The van der Waals surface area contributed by atoms with E-state index in [1.54, 1.807) is 0 Å². The second kappa shape index (κ2) is 6.03. The highest BCUT2D eigenvalue weighted by Crippen LogP contribution is 2.33. The molecule has 1 nitrogen and oxygen atoms in total. The van der Waals surface area contributed by atoms with E-state index in [0.717, 1.165) is 0 Å². The molecule has 2 atom stereocenters. The molecular formula is C16H18ClN. The van der Waals surface area contributed by atoms with E-state index in [4.69, 9.17) is 0 Å². The van der Waals surface area contributed by atoms with E-state index in [1.807, 2.05) is 0 Å². The van der Waals surface area contributed by atoms with Gasteiger partial charge in [-0.25, -0.2) is 0 Å². The lowest BCUT2D eigenvalue weighted by molar-refractivity contribution is 0.574. The van der Waals surface area contributed by atoms with E-state index in [1.165, 1.54) is 24.0 Å². The van der Waals surface area contributed by atoms with Crippen LogP contribution in [0.25, 0.3) is 0 Å². The molecule has 0 radical (unpaired) electrons. The van der Waals surface area contributed by atoms with E-state index in [0.29, 0.717) is 12.1 Å². The van der Waals surface area contributed by atoms with Gasteiger partial charge in [-0.2, -0.15) is 0 Å². The summed E-state index contributed by atoms with van der Waals surface area (Å²) in [5.41, 5.74) is 2.82. The Hall–Kier alpha value is -1.31. The highest BCUT2D eigenvalue weighted by molar-refractivity contribution is 5.85. The lowest BCUT2D eigenvalue weighted by Crippen LogP contribution is -2.17. The minimum atomic E-state index is 0. The van der Waals surface area contributed by atoms with Gasteiger partial charge in [0, 0.05) is 12.1 Å². The minimum Gasteiger partial charge on any atom is -0.303 e. The van der Waals surface area contributed by atoms with E-state index in [9.17, 15) is 0 Å². The Bertz CT molecular complexity index is 423. The average Bonchev–Trinajstić information content (AvgIpc) is 2.90. The Morgan fingerprint density at radius 3 is 1.44 bits per heavy atom. The van der Waals surface area contributed by atoms with Gasteiger partial charge in [0.1, 0.15) is 0 Å². The lowest BCUT2D eigenvalue weighted by Gasteiger charge is -2.14. The Labute approximate surface area is 115 Å². The van der Waals surface area contributed by atoms with Crippen molar-refractivity contribution >= 4 is 12.4 Å². The standard InChI is InChI=1S/C16H17N.ClH/c1-3-7-13(8-4-1)15-11-12-16(17-15)14-9-5-2-6-10-14;/h1-10,15-17H,11-12H2;1H. The van der Waals surface area contributed by atoms with Gasteiger partial charge in [0.05, 0.1) is 0 Å². The molecule has 2 aromatic rings. The second-order valence-corrected chi connectivity index (χ2v) is 4.67. The van der Waals surface area contributed by atoms with Gasteiger partial charge in [-0.15, -0.1) is 12.4 Å². The second-order valence-electron chi connectivity index (χ2n) is 4.67. The molecule has 1 saturated heterocycles. The topological polar surface area (TPSA) is 12.0 Å². The molecule has 0 bridgehead atoms. The molecule has 2 heteroatoms. The third-order valence-corrected chi connectivity index (χ3v) is 3.55. The third kappa shape index (κ3) is 2.74. The van der Waals surface area contributed by atoms with Crippen LogP contribution in [0.15, 0.2) is 60.7 Å². The van der Waals surface area contributed by atoms with Gasteiger partial charge >= 0.3 is 0 Å². The summed E-state index contributed by atoms with van der Waals surface area (Å²) in [5.74, 6) is 0. The van der Waals surface area contributed by atoms with Crippen molar-refractivity contribution < 1.29 is 0 Å². The average molecular weight is 260 g/mol. The summed E-state index contributed by atoms with van der Waals surface area (Å²) in [6.07, 6.45) is 2.45. The van der Waals surface area contributed by atoms with Gasteiger partial charge in [-0.1, -0.05) is 60.7 Å². The summed E-state index contributed by atoms with van der Waals surface area (Å²) in [5, 5.41) is 3.72. The first-order chi connectivity index (χ1) is 8.43. The lowest BCUT2D eigenvalue weighted by atomic mass is 10.0. The third-order valence-electron chi connectivity index (χ3n) is 3.55. The van der Waals surface area contributed by atoms with Crippen molar-refractivity contribution in [2.45, 2.75) is 24.9 Å². The van der Waals surface area contributed by atoms with Crippen molar-refractivity contribution in [3.8, 4) is 0 Å². The maximum Gasteiger partial charge on any atom is 0.0326 e. The molecule has 2 aromatic carbocycles. The summed E-state index contributed by atoms with van der Waals surface area (Å²) in [4.78, 5) is 0. The smallest absolute Gasteiger partial charge is 0.0326 e. The first-order valence-corrected chi connectivity index (χ1v) is 6.29. The predicted molar refractivity (Wildman–Crippen MR) is 78.0 cm³/mol. The first-order valence-electron chi connectivity index (χ1n) is 6.29. The van der Waals surface area contributed by atoms with Crippen molar-refractivity contribution in [1.82, 2.24) is 5.32 Å². The molecule has 1 aliphatic heterocycles. The fourth-order valence-electron chi connectivity index (χ4n) is 2.64. The number of benzene rings is 2. The highest BCUT2D eigenvalue weighted by atomic mass is 35.5. The van der Waals surface area contributed by atoms with Crippen LogP contribution in [-0.2, 0) is 0 Å². The van der Waals surface area contributed by atoms with Crippen LogP contribution in [0.3, 0.4) is 0 Å². The van der Waals surface area contributed by atoms with Crippen LogP contribution in [0.2, 0.25) is 0 Å². The van der Waals surface area contributed by atoms with Crippen LogP contribution in [-0.4, -0.2) is 0 Å². The molecule has 2 unspecified atom stereocenters. The van der Waals surface area contributed by atoms with Crippen LogP contribution in [0.5, 0.6) is 0 Å². The maximum absolute atomic E-state index is 3.72. The molecule has 0 amide bonds.